The van der Waals surface area contributed by atoms with Gasteiger partial charge in [0.15, 0.2) is 5.78 Å². The van der Waals surface area contributed by atoms with Crippen LogP contribution in [0.15, 0.2) is 54.6 Å². The molecule has 0 aromatic heterocycles. The minimum absolute atomic E-state index is 0.141. The number of esters is 1. The molecule has 0 saturated carbocycles. The van der Waals surface area contributed by atoms with Crippen molar-refractivity contribution in [2.75, 3.05) is 0 Å². The Morgan fingerprint density at radius 1 is 1.09 bits per heavy atom. The van der Waals surface area contributed by atoms with Crippen LogP contribution in [0.4, 0.5) is 0 Å². The lowest BCUT2D eigenvalue weighted by Gasteiger charge is -2.09. The first-order valence-corrected chi connectivity index (χ1v) is 7.41. The van der Waals surface area contributed by atoms with Crippen molar-refractivity contribution in [1.29, 1.82) is 5.26 Å². The number of rotatable bonds is 6. The van der Waals surface area contributed by atoms with Crippen LogP contribution in [0, 0.1) is 17.2 Å². The molecule has 0 aliphatic heterocycles. The van der Waals surface area contributed by atoms with Crippen molar-refractivity contribution in [2.24, 2.45) is 5.92 Å². The maximum Gasteiger partial charge on any atom is 0.311 e. The lowest BCUT2D eigenvalue weighted by molar-refractivity contribution is -0.134. The van der Waals surface area contributed by atoms with Crippen molar-refractivity contribution in [3.8, 4) is 11.8 Å². The molecule has 0 heterocycles. The molecule has 0 aliphatic rings. The molecule has 0 spiro atoms. The van der Waals surface area contributed by atoms with E-state index in [4.69, 9.17) is 10.00 Å². The highest BCUT2D eigenvalue weighted by molar-refractivity contribution is 6.10. The normalized spacial score (nSPS) is 11.3. The predicted octanol–water partition coefficient (Wildman–Crippen LogP) is 3.76. The van der Waals surface area contributed by atoms with Gasteiger partial charge in [0.05, 0.1) is 11.6 Å². The topological polar surface area (TPSA) is 67.2 Å². The number of carbonyl (C=O) groups excluding carboxylic acids is 2. The van der Waals surface area contributed by atoms with Crippen molar-refractivity contribution in [2.45, 2.75) is 19.8 Å². The maximum absolute atomic E-state index is 12.5. The maximum atomic E-state index is 12.5. The van der Waals surface area contributed by atoms with Crippen molar-refractivity contribution >= 4 is 11.8 Å². The minimum Gasteiger partial charge on any atom is -0.426 e. The Morgan fingerprint density at radius 3 is 2.43 bits per heavy atom. The molecule has 1 atom stereocenters. The van der Waals surface area contributed by atoms with Crippen LogP contribution in [0.5, 0.6) is 5.75 Å². The summed E-state index contributed by atoms with van der Waals surface area (Å²) >= 11 is 0. The fourth-order valence-corrected chi connectivity index (χ4v) is 2.06. The zero-order valence-corrected chi connectivity index (χ0v) is 12.9. The highest BCUT2D eigenvalue weighted by atomic mass is 16.5. The lowest BCUT2D eigenvalue weighted by atomic mass is 10.0. The van der Waals surface area contributed by atoms with E-state index in [-0.39, 0.29) is 23.9 Å². The first-order valence-electron chi connectivity index (χ1n) is 7.41. The molecule has 0 amide bonds. The van der Waals surface area contributed by atoms with Crippen LogP contribution in [0.3, 0.4) is 0 Å². The van der Waals surface area contributed by atoms with Gasteiger partial charge in [-0.15, -0.1) is 0 Å². The Hall–Kier alpha value is -2.93. The molecule has 4 heteroatoms. The number of benzene rings is 2. The largest absolute Gasteiger partial charge is 0.426 e. The summed E-state index contributed by atoms with van der Waals surface area (Å²) in [4.78, 5) is 24.4. The van der Waals surface area contributed by atoms with Crippen molar-refractivity contribution in [1.82, 2.24) is 0 Å². The quantitative estimate of drug-likeness (QED) is 0.463. The summed E-state index contributed by atoms with van der Waals surface area (Å²) in [6, 6.07) is 17.6. The first kappa shape index (κ1) is 16.4. The molecule has 4 nitrogen and oxygen atoms in total. The van der Waals surface area contributed by atoms with E-state index >= 15 is 0 Å². The summed E-state index contributed by atoms with van der Waals surface area (Å²) < 4.78 is 5.31. The lowest BCUT2D eigenvalue weighted by Crippen LogP contribution is -2.12. The number of carbonyl (C=O) groups is 2. The van der Waals surface area contributed by atoms with E-state index in [0.717, 1.165) is 0 Å². The summed E-state index contributed by atoms with van der Waals surface area (Å²) in [5, 5.41) is 8.73. The standard InChI is InChI=1S/C19H17NO3/c1-14(13-20)11-12-18(21)23-17-10-6-5-9-16(17)19(22)15-7-3-2-4-8-15/h2-10,14H,11-12H2,1H3. The van der Waals surface area contributed by atoms with Gasteiger partial charge in [-0.2, -0.15) is 5.26 Å². The Kier molecular flexibility index (Phi) is 5.65. The number of ketones is 1. The number of nitrogens with zero attached hydrogens (tertiary/aromatic N) is 1. The third-order valence-corrected chi connectivity index (χ3v) is 3.39. The summed E-state index contributed by atoms with van der Waals surface area (Å²) in [6.07, 6.45) is 0.576. The van der Waals surface area contributed by atoms with Gasteiger partial charge in [-0.05, 0) is 25.5 Å². The van der Waals surface area contributed by atoms with Gasteiger partial charge < -0.3 is 4.74 Å². The fourth-order valence-electron chi connectivity index (χ4n) is 2.06. The van der Waals surface area contributed by atoms with Gasteiger partial charge in [0, 0.05) is 17.9 Å². The molecule has 23 heavy (non-hydrogen) atoms. The number of hydrogen-bond donors (Lipinski definition) is 0. The summed E-state index contributed by atoms with van der Waals surface area (Å²) in [5.74, 6) is -0.598. The van der Waals surface area contributed by atoms with Gasteiger partial charge >= 0.3 is 5.97 Å². The number of hydrogen-bond acceptors (Lipinski definition) is 4. The third kappa shape index (κ3) is 4.52. The highest BCUT2D eigenvalue weighted by Gasteiger charge is 2.16. The number of nitriles is 1. The van der Waals surface area contributed by atoms with Gasteiger partial charge in [0.25, 0.3) is 0 Å². The zero-order valence-electron chi connectivity index (χ0n) is 12.9. The summed E-state index contributed by atoms with van der Waals surface area (Å²) in [7, 11) is 0. The Morgan fingerprint density at radius 2 is 1.74 bits per heavy atom. The molecule has 0 radical (unpaired) electrons. The molecule has 2 aromatic carbocycles. The highest BCUT2D eigenvalue weighted by Crippen LogP contribution is 2.22. The van der Waals surface area contributed by atoms with Crippen LogP contribution in [0.1, 0.15) is 35.7 Å². The Balaban J connectivity index is 2.14. The van der Waals surface area contributed by atoms with Crippen molar-refractivity contribution in [3.63, 3.8) is 0 Å². The molecule has 1 unspecified atom stereocenters. The van der Waals surface area contributed by atoms with Crippen LogP contribution in [-0.2, 0) is 4.79 Å². The second kappa shape index (κ2) is 7.90. The van der Waals surface area contributed by atoms with Crippen molar-refractivity contribution < 1.29 is 14.3 Å². The molecule has 116 valence electrons. The van der Waals surface area contributed by atoms with E-state index in [1.54, 1.807) is 55.5 Å². The second-order valence-electron chi connectivity index (χ2n) is 5.23. The van der Waals surface area contributed by atoms with E-state index in [0.29, 0.717) is 17.5 Å². The Bertz CT molecular complexity index is 732. The molecule has 0 fully saturated rings. The fraction of sp³-hybridized carbons (Fsp3) is 0.211. The molecule has 0 bridgehead atoms. The van der Waals surface area contributed by atoms with Crippen LogP contribution in [0.2, 0.25) is 0 Å². The van der Waals surface area contributed by atoms with E-state index in [1.807, 2.05) is 6.07 Å². The van der Waals surface area contributed by atoms with Crippen LogP contribution >= 0.6 is 0 Å². The molecule has 2 aromatic rings. The van der Waals surface area contributed by atoms with Gasteiger partial charge in [0.2, 0.25) is 0 Å². The van der Waals surface area contributed by atoms with Gasteiger partial charge in [-0.1, -0.05) is 42.5 Å². The smallest absolute Gasteiger partial charge is 0.311 e. The molecular formula is C19H17NO3. The van der Waals surface area contributed by atoms with Crippen molar-refractivity contribution in [3.05, 3.63) is 65.7 Å². The summed E-state index contributed by atoms with van der Waals surface area (Å²) in [5.41, 5.74) is 0.884. The van der Waals surface area contributed by atoms with E-state index in [1.165, 1.54) is 0 Å². The summed E-state index contributed by atoms with van der Waals surface area (Å²) in [6.45, 7) is 1.75. The first-order chi connectivity index (χ1) is 11.1. The SMILES string of the molecule is CC(C#N)CCC(=O)Oc1ccccc1C(=O)c1ccccc1. The van der Waals surface area contributed by atoms with E-state index in [2.05, 4.69) is 6.07 Å². The second-order valence-corrected chi connectivity index (χ2v) is 5.23. The van der Waals surface area contributed by atoms with Crippen LogP contribution in [-0.4, -0.2) is 11.8 Å². The molecule has 0 aliphatic carbocycles. The average Bonchev–Trinajstić information content (AvgIpc) is 2.60. The van der Waals surface area contributed by atoms with E-state index in [9.17, 15) is 9.59 Å². The molecule has 0 N–H and O–H groups in total. The van der Waals surface area contributed by atoms with Crippen LogP contribution < -0.4 is 4.74 Å². The average molecular weight is 307 g/mol. The minimum atomic E-state index is -0.444. The van der Waals surface area contributed by atoms with Gasteiger partial charge in [-0.3, -0.25) is 9.59 Å². The number of ether oxygens (including phenoxy) is 1. The van der Waals surface area contributed by atoms with Gasteiger partial charge in [0.1, 0.15) is 5.75 Å². The number of para-hydroxylation sites is 1. The predicted molar refractivity (Wildman–Crippen MR) is 86.0 cm³/mol. The zero-order chi connectivity index (χ0) is 16.7. The third-order valence-electron chi connectivity index (χ3n) is 3.39. The van der Waals surface area contributed by atoms with E-state index < -0.39 is 5.97 Å². The molecule has 2 rings (SSSR count). The molecule has 0 saturated heterocycles. The van der Waals surface area contributed by atoms with Gasteiger partial charge in [-0.25, -0.2) is 0 Å². The Labute approximate surface area is 135 Å². The van der Waals surface area contributed by atoms with Crippen LogP contribution in [0.25, 0.3) is 0 Å². The molecular weight excluding hydrogens is 290 g/mol. The monoisotopic (exact) mass is 307 g/mol.